The summed E-state index contributed by atoms with van der Waals surface area (Å²) >= 11 is 0. The Hall–Kier alpha value is -1.55. The monoisotopic (exact) mass is 265 g/mol. The van der Waals surface area contributed by atoms with Crippen molar-refractivity contribution in [3.63, 3.8) is 0 Å². The Labute approximate surface area is 115 Å². The Morgan fingerprint density at radius 3 is 2.32 bits per heavy atom. The summed E-state index contributed by atoms with van der Waals surface area (Å²) in [6.45, 7) is 6.33. The maximum Gasteiger partial charge on any atom is 0.226 e. The number of aliphatic hydroxyl groups excluding tert-OH is 1. The van der Waals surface area contributed by atoms with Crippen LogP contribution in [-0.4, -0.2) is 41.7 Å². The van der Waals surface area contributed by atoms with Crippen LogP contribution in [-0.2, 0) is 11.2 Å². The molecule has 0 aliphatic carbocycles. The van der Waals surface area contributed by atoms with E-state index in [0.717, 1.165) is 11.3 Å². The molecule has 0 heterocycles. The lowest BCUT2D eigenvalue weighted by Gasteiger charge is -2.21. The molecule has 0 spiro atoms. The number of ether oxygens (including phenoxy) is 1. The van der Waals surface area contributed by atoms with Crippen molar-refractivity contribution in [1.82, 2.24) is 4.90 Å². The van der Waals surface area contributed by atoms with E-state index in [1.807, 2.05) is 45.0 Å². The summed E-state index contributed by atoms with van der Waals surface area (Å²) in [5.74, 6) is 0.797. The van der Waals surface area contributed by atoms with Crippen molar-refractivity contribution < 1.29 is 14.6 Å². The van der Waals surface area contributed by atoms with Gasteiger partial charge in [0.25, 0.3) is 0 Å². The Balaban J connectivity index is 2.59. The van der Waals surface area contributed by atoms with E-state index in [0.29, 0.717) is 13.0 Å². The molecule has 4 nitrogen and oxygen atoms in total. The molecule has 1 N–H and O–H groups in total. The fraction of sp³-hybridized carbons (Fsp3) is 0.533. The summed E-state index contributed by atoms with van der Waals surface area (Å²) in [6, 6.07) is 7.54. The summed E-state index contributed by atoms with van der Waals surface area (Å²) in [5, 5.41) is 8.79. The largest absolute Gasteiger partial charge is 0.488 e. The summed E-state index contributed by atoms with van der Waals surface area (Å²) in [7, 11) is 1.69. The van der Waals surface area contributed by atoms with Gasteiger partial charge < -0.3 is 14.7 Å². The van der Waals surface area contributed by atoms with Gasteiger partial charge in [0.15, 0.2) is 0 Å². The predicted molar refractivity (Wildman–Crippen MR) is 75.2 cm³/mol. The topological polar surface area (TPSA) is 49.8 Å². The number of rotatable bonds is 5. The number of hydrogen-bond donors (Lipinski definition) is 1. The molecule has 0 radical (unpaired) electrons. The van der Waals surface area contributed by atoms with E-state index in [1.165, 1.54) is 4.90 Å². The van der Waals surface area contributed by atoms with E-state index in [9.17, 15) is 4.79 Å². The molecule has 1 aromatic rings. The molecule has 0 atom stereocenters. The van der Waals surface area contributed by atoms with Crippen molar-refractivity contribution in [2.75, 3.05) is 20.2 Å². The van der Waals surface area contributed by atoms with Crippen molar-refractivity contribution >= 4 is 5.91 Å². The summed E-state index contributed by atoms with van der Waals surface area (Å²) in [5.41, 5.74) is 0.717. The lowest BCUT2D eigenvalue weighted by Crippen LogP contribution is -2.30. The number of nitrogens with zero attached hydrogens (tertiary/aromatic N) is 1. The lowest BCUT2D eigenvalue weighted by atomic mass is 10.1. The Bertz CT molecular complexity index is 406. The average Bonchev–Trinajstić information content (AvgIpc) is 2.30. The van der Waals surface area contributed by atoms with E-state index in [-0.39, 0.29) is 18.1 Å². The van der Waals surface area contributed by atoms with Gasteiger partial charge in [-0.25, -0.2) is 0 Å². The van der Waals surface area contributed by atoms with Crippen molar-refractivity contribution in [2.24, 2.45) is 0 Å². The highest BCUT2D eigenvalue weighted by Gasteiger charge is 2.12. The number of hydrogen-bond acceptors (Lipinski definition) is 3. The average molecular weight is 265 g/mol. The Morgan fingerprint density at radius 1 is 1.26 bits per heavy atom. The van der Waals surface area contributed by atoms with Gasteiger partial charge >= 0.3 is 0 Å². The molecule has 0 saturated heterocycles. The minimum atomic E-state index is -0.224. The first-order valence-corrected chi connectivity index (χ1v) is 6.44. The van der Waals surface area contributed by atoms with Gasteiger partial charge in [-0.1, -0.05) is 12.1 Å². The molecule has 19 heavy (non-hydrogen) atoms. The zero-order valence-electron chi connectivity index (χ0n) is 12.1. The highest BCUT2D eigenvalue weighted by Crippen LogP contribution is 2.18. The molecule has 0 unspecified atom stereocenters. The van der Waals surface area contributed by atoms with Crippen LogP contribution >= 0.6 is 0 Å². The van der Waals surface area contributed by atoms with Crippen LogP contribution in [0, 0.1) is 0 Å². The number of carbonyl (C=O) groups is 1. The summed E-state index contributed by atoms with van der Waals surface area (Å²) in [4.78, 5) is 13.3. The standard InChI is InChI=1S/C15H23NO3/c1-15(2,3)19-13-7-5-12(6-8-13)11-14(18)16(4)9-10-17/h5-8,17H,9-11H2,1-4H3. The van der Waals surface area contributed by atoms with Gasteiger partial charge in [0.05, 0.1) is 13.0 Å². The van der Waals surface area contributed by atoms with E-state index in [4.69, 9.17) is 9.84 Å². The third-order valence-corrected chi connectivity index (χ3v) is 2.56. The summed E-state index contributed by atoms with van der Waals surface area (Å²) < 4.78 is 5.72. The first-order chi connectivity index (χ1) is 8.81. The molecule has 1 aromatic carbocycles. The van der Waals surface area contributed by atoms with E-state index in [1.54, 1.807) is 7.05 Å². The molecular formula is C15H23NO3. The number of carbonyl (C=O) groups excluding carboxylic acids is 1. The molecule has 0 aromatic heterocycles. The Kier molecular flexibility index (Phi) is 5.36. The van der Waals surface area contributed by atoms with Crippen LogP contribution in [0.5, 0.6) is 5.75 Å². The fourth-order valence-corrected chi connectivity index (χ4v) is 1.61. The van der Waals surface area contributed by atoms with Crippen molar-refractivity contribution in [3.8, 4) is 5.75 Å². The van der Waals surface area contributed by atoms with Crippen LogP contribution in [0.4, 0.5) is 0 Å². The van der Waals surface area contributed by atoms with Crippen LogP contribution in [0.3, 0.4) is 0 Å². The van der Waals surface area contributed by atoms with Crippen LogP contribution in [0.2, 0.25) is 0 Å². The first-order valence-electron chi connectivity index (χ1n) is 6.44. The zero-order chi connectivity index (χ0) is 14.5. The molecule has 0 saturated carbocycles. The molecule has 0 bridgehead atoms. The third kappa shape index (κ3) is 5.75. The minimum Gasteiger partial charge on any atom is -0.488 e. The molecule has 1 rings (SSSR count). The number of aliphatic hydroxyl groups is 1. The maximum absolute atomic E-state index is 11.8. The molecule has 0 fully saturated rings. The third-order valence-electron chi connectivity index (χ3n) is 2.56. The normalized spacial score (nSPS) is 11.2. The molecule has 0 aliphatic rings. The van der Waals surface area contributed by atoms with Crippen molar-refractivity contribution in [1.29, 1.82) is 0 Å². The second-order valence-corrected chi connectivity index (χ2v) is 5.57. The fourth-order valence-electron chi connectivity index (χ4n) is 1.61. The van der Waals surface area contributed by atoms with Crippen LogP contribution < -0.4 is 4.74 Å². The van der Waals surface area contributed by atoms with Gasteiger partial charge in [0, 0.05) is 13.6 Å². The van der Waals surface area contributed by atoms with Gasteiger partial charge in [0.2, 0.25) is 5.91 Å². The summed E-state index contributed by atoms with van der Waals surface area (Å²) in [6.07, 6.45) is 0.340. The predicted octanol–water partition coefficient (Wildman–Crippen LogP) is 1.86. The van der Waals surface area contributed by atoms with E-state index < -0.39 is 0 Å². The molecular weight excluding hydrogens is 242 g/mol. The maximum atomic E-state index is 11.8. The SMILES string of the molecule is CN(CCO)C(=O)Cc1ccc(OC(C)(C)C)cc1. The molecule has 0 aliphatic heterocycles. The van der Waals surface area contributed by atoms with Crippen LogP contribution in [0.15, 0.2) is 24.3 Å². The quantitative estimate of drug-likeness (QED) is 0.884. The lowest BCUT2D eigenvalue weighted by molar-refractivity contribution is -0.129. The van der Waals surface area contributed by atoms with E-state index in [2.05, 4.69) is 0 Å². The Morgan fingerprint density at radius 2 is 1.84 bits per heavy atom. The van der Waals surface area contributed by atoms with Crippen LogP contribution in [0.1, 0.15) is 26.3 Å². The van der Waals surface area contributed by atoms with Gasteiger partial charge in [-0.05, 0) is 38.5 Å². The smallest absolute Gasteiger partial charge is 0.226 e. The zero-order valence-corrected chi connectivity index (χ0v) is 12.1. The highest BCUT2D eigenvalue weighted by atomic mass is 16.5. The first kappa shape index (κ1) is 15.5. The second kappa shape index (κ2) is 6.57. The number of benzene rings is 1. The number of likely N-dealkylation sites (N-methyl/N-ethyl adjacent to an activating group) is 1. The van der Waals surface area contributed by atoms with Gasteiger partial charge in [0.1, 0.15) is 11.4 Å². The molecule has 106 valence electrons. The van der Waals surface area contributed by atoms with Crippen molar-refractivity contribution in [3.05, 3.63) is 29.8 Å². The van der Waals surface area contributed by atoms with Gasteiger partial charge in [-0.15, -0.1) is 0 Å². The van der Waals surface area contributed by atoms with Gasteiger partial charge in [-0.3, -0.25) is 4.79 Å². The molecule has 4 heteroatoms. The highest BCUT2D eigenvalue weighted by molar-refractivity contribution is 5.78. The minimum absolute atomic E-state index is 0.00135. The van der Waals surface area contributed by atoms with E-state index >= 15 is 0 Å². The van der Waals surface area contributed by atoms with Crippen molar-refractivity contribution in [2.45, 2.75) is 32.8 Å². The second-order valence-electron chi connectivity index (χ2n) is 5.57. The number of amides is 1. The van der Waals surface area contributed by atoms with Gasteiger partial charge in [-0.2, -0.15) is 0 Å². The molecule has 1 amide bonds. The van der Waals surface area contributed by atoms with Crippen LogP contribution in [0.25, 0.3) is 0 Å².